The number of nitrogens with one attached hydrogen (secondary N) is 1. The minimum atomic E-state index is -0.950. The average molecular weight is 413 g/mol. The van der Waals surface area contributed by atoms with Crippen LogP contribution in [0.2, 0.25) is 0 Å². The molecule has 0 fully saturated rings. The molecule has 0 radical (unpaired) electrons. The molecule has 2 aromatic carbocycles. The number of carbonyl (C=O) groups is 3. The molecule has 8 heteroatoms. The molecule has 160 valence electrons. The van der Waals surface area contributed by atoms with Crippen LogP contribution in [0.25, 0.3) is 0 Å². The summed E-state index contributed by atoms with van der Waals surface area (Å²) in [6.45, 7) is 6.24. The molecule has 0 aliphatic heterocycles. The monoisotopic (exact) mass is 413 g/mol. The summed E-state index contributed by atoms with van der Waals surface area (Å²) in [6.07, 6.45) is 0.480. The quantitative estimate of drug-likeness (QED) is 0.507. The highest BCUT2D eigenvalue weighted by Gasteiger charge is 2.26. The first-order valence-corrected chi connectivity index (χ1v) is 9.74. The van der Waals surface area contributed by atoms with Gasteiger partial charge in [-0.1, -0.05) is 6.07 Å². The van der Waals surface area contributed by atoms with Gasteiger partial charge in [0.1, 0.15) is 0 Å². The van der Waals surface area contributed by atoms with Crippen molar-refractivity contribution in [3.63, 3.8) is 0 Å². The second kappa shape index (κ2) is 10.8. The zero-order valence-electron chi connectivity index (χ0n) is 17.4. The number of anilines is 2. The molecule has 2 rings (SSSR count). The van der Waals surface area contributed by atoms with E-state index in [-0.39, 0.29) is 12.2 Å². The Morgan fingerprint density at radius 1 is 0.967 bits per heavy atom. The number of benzene rings is 2. The molecular weight excluding hydrogens is 386 g/mol. The molecule has 2 aromatic rings. The molecule has 30 heavy (non-hydrogen) atoms. The average Bonchev–Trinajstić information content (AvgIpc) is 2.71. The van der Waals surface area contributed by atoms with Gasteiger partial charge in [-0.25, -0.2) is 4.90 Å². The second-order valence-corrected chi connectivity index (χ2v) is 6.40. The van der Waals surface area contributed by atoms with Crippen LogP contribution in [0.1, 0.15) is 26.3 Å². The van der Waals surface area contributed by atoms with Crippen molar-refractivity contribution in [1.82, 2.24) is 5.32 Å². The summed E-state index contributed by atoms with van der Waals surface area (Å²) >= 11 is 0. The van der Waals surface area contributed by atoms with Crippen LogP contribution in [0.4, 0.5) is 11.4 Å². The molecule has 0 heterocycles. The van der Waals surface area contributed by atoms with Gasteiger partial charge in [-0.3, -0.25) is 14.4 Å². The van der Waals surface area contributed by atoms with E-state index >= 15 is 0 Å². The smallest absolute Gasteiger partial charge is 0.323 e. The maximum absolute atomic E-state index is 12.5. The largest absolute Gasteiger partial charge is 0.490 e. The van der Waals surface area contributed by atoms with Gasteiger partial charge in [0.25, 0.3) is 0 Å². The van der Waals surface area contributed by atoms with Crippen molar-refractivity contribution in [3.8, 4) is 11.5 Å². The lowest BCUT2D eigenvalue weighted by molar-refractivity contribution is -0.139. The fourth-order valence-corrected chi connectivity index (χ4v) is 2.81. The third-order valence-electron chi connectivity index (χ3n) is 4.17. The minimum absolute atomic E-state index is 0.220. The van der Waals surface area contributed by atoms with Crippen molar-refractivity contribution in [1.29, 1.82) is 0 Å². The van der Waals surface area contributed by atoms with Crippen molar-refractivity contribution < 1.29 is 23.9 Å². The predicted octanol–water partition coefficient (Wildman–Crippen LogP) is 2.30. The Bertz CT molecular complexity index is 896. The van der Waals surface area contributed by atoms with Crippen molar-refractivity contribution in [2.75, 3.05) is 30.4 Å². The fraction of sp³-hybridized carbons (Fsp3) is 0.318. The maximum atomic E-state index is 12.5. The van der Waals surface area contributed by atoms with E-state index in [1.807, 2.05) is 32.0 Å². The first-order chi connectivity index (χ1) is 14.4. The standard InChI is InChI=1S/C22H27N3O5/c1-4-29-19-11-6-16(14-20(19)30-5-2)12-13-24-21(27)22(28)25(15(3)26)18-9-7-17(23)8-10-18/h6-11,14H,4-5,12-13,23H2,1-3H3,(H,24,27). The summed E-state index contributed by atoms with van der Waals surface area (Å²) in [7, 11) is 0. The highest BCUT2D eigenvalue weighted by molar-refractivity contribution is 6.45. The summed E-state index contributed by atoms with van der Waals surface area (Å²) in [6, 6.07) is 11.7. The molecule has 0 aliphatic carbocycles. The van der Waals surface area contributed by atoms with Crippen LogP contribution in [0.5, 0.6) is 11.5 Å². The molecule has 0 aromatic heterocycles. The van der Waals surface area contributed by atoms with Gasteiger partial charge in [0.15, 0.2) is 11.5 Å². The zero-order valence-corrected chi connectivity index (χ0v) is 17.4. The lowest BCUT2D eigenvalue weighted by atomic mass is 10.1. The van der Waals surface area contributed by atoms with Gasteiger partial charge in [-0.15, -0.1) is 0 Å². The van der Waals surface area contributed by atoms with Crippen molar-refractivity contribution in [2.24, 2.45) is 0 Å². The molecular formula is C22H27N3O5. The first kappa shape index (κ1) is 22.7. The third-order valence-corrected chi connectivity index (χ3v) is 4.17. The van der Waals surface area contributed by atoms with Crippen LogP contribution in [0.15, 0.2) is 42.5 Å². The summed E-state index contributed by atoms with van der Waals surface area (Å²) < 4.78 is 11.1. The number of imide groups is 1. The van der Waals surface area contributed by atoms with E-state index in [2.05, 4.69) is 5.32 Å². The SMILES string of the molecule is CCOc1ccc(CCNC(=O)C(=O)N(C(C)=O)c2ccc(N)cc2)cc1OCC. The highest BCUT2D eigenvalue weighted by atomic mass is 16.5. The van der Waals surface area contributed by atoms with Gasteiger partial charge in [0, 0.05) is 19.2 Å². The van der Waals surface area contributed by atoms with Crippen LogP contribution < -0.4 is 25.4 Å². The predicted molar refractivity (Wildman–Crippen MR) is 115 cm³/mol. The summed E-state index contributed by atoms with van der Waals surface area (Å²) in [5.74, 6) is -1.09. The van der Waals surface area contributed by atoms with E-state index in [4.69, 9.17) is 15.2 Å². The molecule has 0 bridgehead atoms. The maximum Gasteiger partial charge on any atom is 0.323 e. The van der Waals surface area contributed by atoms with Crippen LogP contribution in [-0.4, -0.2) is 37.5 Å². The number of rotatable bonds is 8. The molecule has 0 atom stereocenters. The number of nitrogens with two attached hydrogens (primary N) is 1. The number of carbonyl (C=O) groups excluding carboxylic acids is 3. The van der Waals surface area contributed by atoms with Gasteiger partial charge in [-0.05, 0) is 62.2 Å². The molecule has 0 saturated carbocycles. The van der Waals surface area contributed by atoms with Crippen LogP contribution in [0.3, 0.4) is 0 Å². The lowest BCUT2D eigenvalue weighted by Gasteiger charge is -2.19. The summed E-state index contributed by atoms with van der Waals surface area (Å²) in [5, 5.41) is 2.56. The van der Waals surface area contributed by atoms with E-state index in [1.165, 1.54) is 19.1 Å². The van der Waals surface area contributed by atoms with Crippen molar-refractivity contribution in [2.45, 2.75) is 27.2 Å². The normalized spacial score (nSPS) is 10.2. The second-order valence-electron chi connectivity index (χ2n) is 6.40. The Morgan fingerprint density at radius 2 is 1.60 bits per heavy atom. The van der Waals surface area contributed by atoms with E-state index in [1.54, 1.807) is 12.1 Å². The minimum Gasteiger partial charge on any atom is -0.490 e. The molecule has 0 saturated heterocycles. The fourth-order valence-electron chi connectivity index (χ4n) is 2.81. The number of ether oxygens (including phenoxy) is 2. The van der Waals surface area contributed by atoms with Gasteiger partial charge in [-0.2, -0.15) is 0 Å². The Balaban J connectivity index is 2.00. The number of amides is 3. The van der Waals surface area contributed by atoms with Gasteiger partial charge >= 0.3 is 11.8 Å². The Morgan fingerprint density at radius 3 is 2.20 bits per heavy atom. The molecule has 0 aliphatic rings. The van der Waals surface area contributed by atoms with Gasteiger partial charge in [0.2, 0.25) is 5.91 Å². The number of nitrogen functional groups attached to an aromatic ring is 1. The number of hydrogen-bond donors (Lipinski definition) is 2. The van der Waals surface area contributed by atoms with Crippen LogP contribution >= 0.6 is 0 Å². The molecule has 0 spiro atoms. The number of hydrogen-bond acceptors (Lipinski definition) is 6. The molecule has 3 N–H and O–H groups in total. The van der Waals surface area contributed by atoms with Crippen molar-refractivity contribution in [3.05, 3.63) is 48.0 Å². The molecule has 8 nitrogen and oxygen atoms in total. The molecule has 3 amide bonds. The van der Waals surface area contributed by atoms with Crippen LogP contribution in [0, 0.1) is 0 Å². The third kappa shape index (κ3) is 5.97. The van der Waals surface area contributed by atoms with Gasteiger partial charge in [0.05, 0.1) is 18.9 Å². The lowest BCUT2D eigenvalue weighted by Crippen LogP contribution is -2.45. The first-order valence-electron chi connectivity index (χ1n) is 9.74. The molecule has 0 unspecified atom stereocenters. The highest BCUT2D eigenvalue weighted by Crippen LogP contribution is 2.28. The summed E-state index contributed by atoms with van der Waals surface area (Å²) in [4.78, 5) is 37.5. The Kier molecular flexibility index (Phi) is 8.22. The Labute approximate surface area is 175 Å². The van der Waals surface area contributed by atoms with E-state index in [9.17, 15) is 14.4 Å². The Hall–Kier alpha value is -3.55. The van der Waals surface area contributed by atoms with E-state index < -0.39 is 17.7 Å². The van der Waals surface area contributed by atoms with Gasteiger partial charge < -0.3 is 20.5 Å². The zero-order chi connectivity index (χ0) is 22.1. The van der Waals surface area contributed by atoms with Crippen molar-refractivity contribution >= 4 is 29.1 Å². The van der Waals surface area contributed by atoms with E-state index in [0.29, 0.717) is 36.8 Å². The summed E-state index contributed by atoms with van der Waals surface area (Å²) in [5.41, 5.74) is 7.31. The number of nitrogens with zero attached hydrogens (tertiary/aromatic N) is 1. The van der Waals surface area contributed by atoms with E-state index in [0.717, 1.165) is 10.5 Å². The topological polar surface area (TPSA) is 111 Å². The van der Waals surface area contributed by atoms with Crippen LogP contribution in [-0.2, 0) is 20.8 Å².